The van der Waals surface area contributed by atoms with E-state index in [1.807, 2.05) is 30.3 Å². The van der Waals surface area contributed by atoms with Gasteiger partial charge in [-0.3, -0.25) is 4.79 Å². The molecule has 0 radical (unpaired) electrons. The zero-order valence-corrected chi connectivity index (χ0v) is 12.6. The van der Waals surface area contributed by atoms with E-state index >= 15 is 0 Å². The van der Waals surface area contributed by atoms with Crippen molar-refractivity contribution in [2.45, 2.75) is 24.2 Å². The van der Waals surface area contributed by atoms with Crippen LogP contribution in [-0.2, 0) is 17.6 Å². The molecule has 0 heterocycles. The van der Waals surface area contributed by atoms with Gasteiger partial charge < -0.3 is 11.1 Å². The number of rotatable bonds is 4. The first-order valence-electron chi connectivity index (χ1n) is 7.11. The standard InChI is InChI=1S/C17H18N2OS/c18-14-5-8-16(9-6-14)21-11-17(20)19-15-7-4-12-2-1-3-13(12)10-15/h4-10H,1-3,11,18H2,(H,19,20). The average molecular weight is 298 g/mol. The Bertz CT molecular complexity index is 652. The summed E-state index contributed by atoms with van der Waals surface area (Å²) in [5.74, 6) is 0.427. The largest absolute Gasteiger partial charge is 0.399 e. The predicted octanol–water partition coefficient (Wildman–Crippen LogP) is 3.49. The lowest BCUT2D eigenvalue weighted by molar-refractivity contribution is -0.113. The number of nitrogens with one attached hydrogen (secondary N) is 1. The number of fused-ring (bicyclic) bond motifs is 1. The summed E-state index contributed by atoms with van der Waals surface area (Å²) in [4.78, 5) is 13.0. The van der Waals surface area contributed by atoms with Crippen molar-refractivity contribution in [3.63, 3.8) is 0 Å². The van der Waals surface area contributed by atoms with E-state index in [-0.39, 0.29) is 5.91 Å². The van der Waals surface area contributed by atoms with Gasteiger partial charge in [0.25, 0.3) is 0 Å². The van der Waals surface area contributed by atoms with Gasteiger partial charge in [-0.05, 0) is 66.8 Å². The van der Waals surface area contributed by atoms with Gasteiger partial charge in [-0.1, -0.05) is 6.07 Å². The van der Waals surface area contributed by atoms with Crippen molar-refractivity contribution in [3.8, 4) is 0 Å². The topological polar surface area (TPSA) is 55.1 Å². The van der Waals surface area contributed by atoms with E-state index in [0.29, 0.717) is 5.75 Å². The van der Waals surface area contributed by atoms with Gasteiger partial charge in [0.1, 0.15) is 0 Å². The van der Waals surface area contributed by atoms with Crippen molar-refractivity contribution in [2.24, 2.45) is 0 Å². The van der Waals surface area contributed by atoms with Crippen LogP contribution in [0.5, 0.6) is 0 Å². The molecule has 1 amide bonds. The van der Waals surface area contributed by atoms with Gasteiger partial charge in [-0.2, -0.15) is 0 Å². The van der Waals surface area contributed by atoms with Gasteiger partial charge in [0, 0.05) is 16.3 Å². The molecule has 4 heteroatoms. The molecule has 2 aromatic carbocycles. The first kappa shape index (κ1) is 14.0. The lowest BCUT2D eigenvalue weighted by Gasteiger charge is -2.07. The summed E-state index contributed by atoms with van der Waals surface area (Å²) in [5, 5.41) is 2.97. The molecule has 0 unspecified atom stereocenters. The minimum absolute atomic E-state index is 0.0229. The number of hydrogen-bond donors (Lipinski definition) is 2. The van der Waals surface area contributed by atoms with Gasteiger partial charge in [0.05, 0.1) is 5.75 Å². The van der Waals surface area contributed by atoms with E-state index in [4.69, 9.17) is 5.73 Å². The van der Waals surface area contributed by atoms with Gasteiger partial charge in [0.15, 0.2) is 0 Å². The number of anilines is 2. The van der Waals surface area contributed by atoms with Crippen molar-refractivity contribution in [2.75, 3.05) is 16.8 Å². The molecule has 0 bridgehead atoms. The monoisotopic (exact) mass is 298 g/mol. The molecule has 3 nitrogen and oxygen atoms in total. The molecular weight excluding hydrogens is 280 g/mol. The summed E-state index contributed by atoms with van der Waals surface area (Å²) >= 11 is 1.51. The maximum Gasteiger partial charge on any atom is 0.234 e. The van der Waals surface area contributed by atoms with E-state index in [1.54, 1.807) is 0 Å². The van der Waals surface area contributed by atoms with E-state index in [9.17, 15) is 4.79 Å². The number of aryl methyl sites for hydroxylation is 2. The van der Waals surface area contributed by atoms with Crippen molar-refractivity contribution < 1.29 is 4.79 Å². The lowest BCUT2D eigenvalue weighted by Crippen LogP contribution is -2.14. The number of nitrogen functional groups attached to an aromatic ring is 1. The van der Waals surface area contributed by atoms with Crippen molar-refractivity contribution in [1.82, 2.24) is 0 Å². The molecule has 21 heavy (non-hydrogen) atoms. The van der Waals surface area contributed by atoms with Crippen LogP contribution in [0.25, 0.3) is 0 Å². The Labute approximate surface area is 128 Å². The van der Waals surface area contributed by atoms with Crippen LogP contribution in [-0.4, -0.2) is 11.7 Å². The zero-order chi connectivity index (χ0) is 14.7. The van der Waals surface area contributed by atoms with E-state index in [1.165, 1.54) is 29.3 Å². The molecule has 0 saturated carbocycles. The third kappa shape index (κ3) is 3.58. The fourth-order valence-electron chi connectivity index (χ4n) is 2.56. The highest BCUT2D eigenvalue weighted by molar-refractivity contribution is 8.00. The second-order valence-electron chi connectivity index (χ2n) is 5.24. The summed E-state index contributed by atoms with van der Waals surface area (Å²) < 4.78 is 0. The smallest absolute Gasteiger partial charge is 0.234 e. The van der Waals surface area contributed by atoms with Gasteiger partial charge in [-0.15, -0.1) is 11.8 Å². The van der Waals surface area contributed by atoms with Gasteiger partial charge >= 0.3 is 0 Å². The van der Waals surface area contributed by atoms with Crippen LogP contribution >= 0.6 is 11.8 Å². The summed E-state index contributed by atoms with van der Waals surface area (Å²) in [6, 6.07) is 13.8. The second-order valence-corrected chi connectivity index (χ2v) is 6.29. The Morgan fingerprint density at radius 3 is 2.67 bits per heavy atom. The molecule has 108 valence electrons. The fourth-order valence-corrected chi connectivity index (χ4v) is 3.26. The molecule has 1 aliphatic rings. The summed E-state index contributed by atoms with van der Waals surface area (Å²) in [7, 11) is 0. The SMILES string of the molecule is Nc1ccc(SCC(=O)Nc2ccc3c(c2)CCC3)cc1. The third-order valence-corrected chi connectivity index (χ3v) is 4.64. The maximum absolute atomic E-state index is 12.0. The molecule has 3 rings (SSSR count). The van der Waals surface area contributed by atoms with Crippen LogP contribution < -0.4 is 11.1 Å². The number of thioether (sulfide) groups is 1. The first-order chi connectivity index (χ1) is 10.2. The molecule has 0 atom stereocenters. The lowest BCUT2D eigenvalue weighted by atomic mass is 10.1. The zero-order valence-electron chi connectivity index (χ0n) is 11.8. The van der Waals surface area contributed by atoms with Crippen LogP contribution in [0.4, 0.5) is 11.4 Å². The third-order valence-electron chi connectivity index (χ3n) is 3.63. The predicted molar refractivity (Wildman–Crippen MR) is 88.7 cm³/mol. The average Bonchev–Trinajstić information content (AvgIpc) is 2.94. The highest BCUT2D eigenvalue weighted by Crippen LogP contribution is 2.25. The molecule has 0 aliphatic heterocycles. The summed E-state index contributed by atoms with van der Waals surface area (Å²) in [5.41, 5.74) is 10.1. The number of benzene rings is 2. The molecule has 1 aliphatic carbocycles. The molecule has 0 fully saturated rings. The summed E-state index contributed by atoms with van der Waals surface area (Å²) in [6.07, 6.45) is 3.51. The molecule has 2 aromatic rings. The first-order valence-corrected chi connectivity index (χ1v) is 8.09. The van der Waals surface area contributed by atoms with Crippen LogP contribution in [0, 0.1) is 0 Å². The second kappa shape index (κ2) is 6.22. The highest BCUT2D eigenvalue weighted by atomic mass is 32.2. The summed E-state index contributed by atoms with van der Waals surface area (Å²) in [6.45, 7) is 0. The van der Waals surface area contributed by atoms with Crippen molar-refractivity contribution in [1.29, 1.82) is 0 Å². The van der Waals surface area contributed by atoms with Crippen LogP contribution in [0.1, 0.15) is 17.5 Å². The minimum Gasteiger partial charge on any atom is -0.399 e. The molecule has 0 spiro atoms. The highest BCUT2D eigenvalue weighted by Gasteiger charge is 2.11. The van der Waals surface area contributed by atoms with Gasteiger partial charge in [-0.25, -0.2) is 0 Å². The Balaban J connectivity index is 1.55. The Morgan fingerprint density at radius 1 is 1.10 bits per heavy atom. The van der Waals surface area contributed by atoms with E-state index in [2.05, 4.69) is 17.4 Å². The molecule has 0 aromatic heterocycles. The van der Waals surface area contributed by atoms with Crippen LogP contribution in [0.3, 0.4) is 0 Å². The molecule has 0 saturated heterocycles. The number of carbonyl (C=O) groups excluding carboxylic acids is 1. The minimum atomic E-state index is 0.0229. The van der Waals surface area contributed by atoms with Crippen LogP contribution in [0.15, 0.2) is 47.4 Å². The van der Waals surface area contributed by atoms with E-state index < -0.39 is 0 Å². The molecular formula is C17H18N2OS. The fraction of sp³-hybridized carbons (Fsp3) is 0.235. The quantitative estimate of drug-likeness (QED) is 0.671. The molecule has 3 N–H and O–H groups in total. The van der Waals surface area contributed by atoms with Crippen molar-refractivity contribution in [3.05, 3.63) is 53.6 Å². The maximum atomic E-state index is 12.0. The van der Waals surface area contributed by atoms with Gasteiger partial charge in [0.2, 0.25) is 5.91 Å². The normalized spacial score (nSPS) is 13.0. The van der Waals surface area contributed by atoms with E-state index in [0.717, 1.165) is 29.1 Å². The van der Waals surface area contributed by atoms with Crippen molar-refractivity contribution >= 4 is 29.0 Å². The number of carbonyl (C=O) groups is 1. The Kier molecular flexibility index (Phi) is 4.15. The number of hydrogen-bond acceptors (Lipinski definition) is 3. The number of amides is 1. The Morgan fingerprint density at radius 2 is 1.86 bits per heavy atom. The van der Waals surface area contributed by atoms with Crippen LogP contribution in [0.2, 0.25) is 0 Å². The number of nitrogens with two attached hydrogens (primary N) is 1. The Hall–Kier alpha value is -1.94.